The molecule has 0 radical (unpaired) electrons. The third-order valence-corrected chi connectivity index (χ3v) is 7.68. The first-order valence-electron chi connectivity index (χ1n) is 13.3. The van der Waals surface area contributed by atoms with Crippen LogP contribution in [0, 0.1) is 23.4 Å². The number of morpholine rings is 1. The highest BCUT2D eigenvalue weighted by Crippen LogP contribution is 2.33. The number of rotatable bonds is 6. The van der Waals surface area contributed by atoms with E-state index in [2.05, 4.69) is 20.6 Å². The number of hydrogen-bond donors (Lipinski definition) is 2. The van der Waals surface area contributed by atoms with Gasteiger partial charge in [-0.05, 0) is 32.1 Å². The molecule has 3 aromatic rings. The Morgan fingerprint density at radius 1 is 0.949 bits per heavy atom. The molecule has 1 atom stereocenters. The van der Waals surface area contributed by atoms with Crippen molar-refractivity contribution >= 4 is 34.7 Å². The molecule has 3 aliphatic rings. The predicted octanol–water partition coefficient (Wildman–Crippen LogP) is 3.78. The summed E-state index contributed by atoms with van der Waals surface area (Å²) >= 11 is 0. The molecule has 13 heteroatoms. The van der Waals surface area contributed by atoms with Crippen molar-refractivity contribution in [3.05, 3.63) is 35.8 Å². The monoisotopic (exact) mass is 545 g/mol. The maximum absolute atomic E-state index is 14.4. The summed E-state index contributed by atoms with van der Waals surface area (Å²) in [6, 6.07) is 1.18. The largest absolute Gasteiger partial charge is 0.379 e. The zero-order valence-electron chi connectivity index (χ0n) is 21.3. The van der Waals surface area contributed by atoms with Gasteiger partial charge in [-0.25, -0.2) is 23.1 Å². The molecule has 0 bridgehead atoms. The molecular formula is C26H30F3N7O3. The number of carbonyl (C=O) groups excluding carboxylic acids is 1. The van der Waals surface area contributed by atoms with Crippen LogP contribution in [-0.4, -0.2) is 75.9 Å². The van der Waals surface area contributed by atoms with Crippen molar-refractivity contribution in [2.24, 2.45) is 5.92 Å². The van der Waals surface area contributed by atoms with Gasteiger partial charge in [-0.2, -0.15) is 4.98 Å². The van der Waals surface area contributed by atoms with Gasteiger partial charge in [0.05, 0.1) is 32.1 Å². The van der Waals surface area contributed by atoms with Crippen LogP contribution in [0.15, 0.2) is 18.3 Å². The molecule has 2 aliphatic heterocycles. The second-order valence-corrected chi connectivity index (χ2v) is 10.2. The average molecular weight is 546 g/mol. The Morgan fingerprint density at radius 3 is 2.38 bits per heavy atom. The summed E-state index contributed by atoms with van der Waals surface area (Å²) in [5.74, 6) is -2.32. The van der Waals surface area contributed by atoms with Gasteiger partial charge >= 0.3 is 0 Å². The van der Waals surface area contributed by atoms with Crippen molar-refractivity contribution in [2.75, 3.05) is 50.2 Å². The quantitative estimate of drug-likeness (QED) is 0.482. The number of nitrogens with zero attached hydrogens (tertiary/aromatic N) is 5. The maximum Gasteiger partial charge on any atom is 0.225 e. The van der Waals surface area contributed by atoms with Crippen LogP contribution in [0.1, 0.15) is 38.1 Å². The molecule has 1 aromatic carbocycles. The predicted molar refractivity (Wildman–Crippen MR) is 136 cm³/mol. The van der Waals surface area contributed by atoms with Crippen molar-refractivity contribution < 1.29 is 27.4 Å². The standard InChI is InChI=1S/C26H30F3N7O3/c27-16-11-19(28)22(20(29)12-16)33-26-32-21-13-30-25(34-23(21)36(26)18-5-8-39-14-18)31-17-3-1-15(2-4-17)24(37)35-6-9-38-10-7-35/h11-13,15,17-18H,1-10,14H2,(H,32,33)(H,30,31,34)/t15-,17-,18?. The molecule has 0 spiro atoms. The number of anilines is 3. The Balaban J connectivity index is 1.20. The minimum Gasteiger partial charge on any atom is -0.379 e. The molecule has 1 saturated carbocycles. The summed E-state index contributed by atoms with van der Waals surface area (Å²) in [7, 11) is 0. The highest BCUT2D eigenvalue weighted by atomic mass is 19.1. The normalized spacial score (nSPS) is 23.8. The van der Waals surface area contributed by atoms with Crippen LogP contribution in [0.3, 0.4) is 0 Å². The van der Waals surface area contributed by atoms with Gasteiger partial charge in [-0.3, -0.25) is 9.36 Å². The van der Waals surface area contributed by atoms with Gasteiger partial charge in [-0.1, -0.05) is 0 Å². The second-order valence-electron chi connectivity index (χ2n) is 10.2. The summed E-state index contributed by atoms with van der Waals surface area (Å²) in [6.07, 6.45) is 5.43. The summed E-state index contributed by atoms with van der Waals surface area (Å²) in [5.41, 5.74) is 0.434. The van der Waals surface area contributed by atoms with E-state index in [0.29, 0.717) is 75.2 Å². The van der Waals surface area contributed by atoms with E-state index in [9.17, 15) is 18.0 Å². The lowest BCUT2D eigenvalue weighted by Crippen LogP contribution is -2.45. The first kappa shape index (κ1) is 25.8. The number of nitrogens with one attached hydrogen (secondary N) is 2. The lowest BCUT2D eigenvalue weighted by molar-refractivity contribution is -0.140. The SMILES string of the molecule is O=C([C@H]1CC[C@H](Nc2ncc3nc(Nc4c(F)cc(F)cc4F)n(C4CCOC4)c3n2)CC1)N1CCOCC1. The maximum atomic E-state index is 14.4. The fourth-order valence-corrected chi connectivity index (χ4v) is 5.60. The molecule has 6 rings (SSSR count). The Labute approximate surface area is 222 Å². The number of carbonyl (C=O) groups is 1. The van der Waals surface area contributed by atoms with Crippen molar-refractivity contribution in [3.8, 4) is 0 Å². The van der Waals surface area contributed by atoms with E-state index < -0.39 is 23.1 Å². The lowest BCUT2D eigenvalue weighted by atomic mass is 9.85. The molecule has 4 heterocycles. The van der Waals surface area contributed by atoms with E-state index in [4.69, 9.17) is 14.5 Å². The van der Waals surface area contributed by atoms with E-state index in [-0.39, 0.29) is 29.9 Å². The van der Waals surface area contributed by atoms with Crippen LogP contribution in [-0.2, 0) is 14.3 Å². The Morgan fingerprint density at radius 2 is 1.69 bits per heavy atom. The highest BCUT2D eigenvalue weighted by molar-refractivity contribution is 5.79. The summed E-state index contributed by atoms with van der Waals surface area (Å²) < 4.78 is 54.9. The number of ether oxygens (including phenoxy) is 2. The molecule has 2 saturated heterocycles. The van der Waals surface area contributed by atoms with E-state index in [1.165, 1.54) is 0 Å². The second kappa shape index (κ2) is 11.0. The van der Waals surface area contributed by atoms with E-state index in [1.54, 1.807) is 10.8 Å². The third-order valence-electron chi connectivity index (χ3n) is 7.68. The summed E-state index contributed by atoms with van der Waals surface area (Å²) in [6.45, 7) is 3.42. The Bertz CT molecular complexity index is 1330. The van der Waals surface area contributed by atoms with Crippen LogP contribution < -0.4 is 10.6 Å². The fourth-order valence-electron chi connectivity index (χ4n) is 5.60. The lowest BCUT2D eigenvalue weighted by Gasteiger charge is -2.34. The molecule has 1 aliphatic carbocycles. The van der Waals surface area contributed by atoms with Crippen molar-refractivity contribution in [3.63, 3.8) is 0 Å². The van der Waals surface area contributed by atoms with Crippen LogP contribution in [0.2, 0.25) is 0 Å². The topological polar surface area (TPSA) is 106 Å². The van der Waals surface area contributed by atoms with E-state index >= 15 is 0 Å². The summed E-state index contributed by atoms with van der Waals surface area (Å²) in [4.78, 5) is 28.4. The molecule has 2 N–H and O–H groups in total. The number of amides is 1. The van der Waals surface area contributed by atoms with Gasteiger partial charge in [0.1, 0.15) is 17.0 Å². The molecule has 3 fully saturated rings. The van der Waals surface area contributed by atoms with Gasteiger partial charge in [0.25, 0.3) is 0 Å². The number of hydrogen-bond acceptors (Lipinski definition) is 8. The van der Waals surface area contributed by atoms with Crippen molar-refractivity contribution in [1.82, 2.24) is 24.4 Å². The van der Waals surface area contributed by atoms with Gasteiger partial charge in [0.2, 0.25) is 17.8 Å². The number of halogens is 3. The van der Waals surface area contributed by atoms with E-state index in [0.717, 1.165) is 25.7 Å². The van der Waals surface area contributed by atoms with Crippen LogP contribution in [0.25, 0.3) is 11.2 Å². The zero-order chi connectivity index (χ0) is 26.9. The van der Waals surface area contributed by atoms with Gasteiger partial charge in [0, 0.05) is 43.8 Å². The first-order chi connectivity index (χ1) is 19.0. The van der Waals surface area contributed by atoms with E-state index in [1.807, 2.05) is 4.90 Å². The van der Waals surface area contributed by atoms with Crippen molar-refractivity contribution in [2.45, 2.75) is 44.2 Å². The Kier molecular flexibility index (Phi) is 7.26. The molecule has 208 valence electrons. The zero-order valence-corrected chi connectivity index (χ0v) is 21.3. The molecule has 10 nitrogen and oxygen atoms in total. The molecule has 1 amide bonds. The molecule has 39 heavy (non-hydrogen) atoms. The smallest absolute Gasteiger partial charge is 0.225 e. The number of aromatic nitrogens is 4. The first-order valence-corrected chi connectivity index (χ1v) is 13.3. The minimum absolute atomic E-state index is 0.0224. The van der Waals surface area contributed by atoms with Crippen LogP contribution >= 0.6 is 0 Å². The summed E-state index contributed by atoms with van der Waals surface area (Å²) in [5, 5.41) is 6.09. The number of benzene rings is 1. The van der Waals surface area contributed by atoms with Gasteiger partial charge in [0.15, 0.2) is 17.3 Å². The minimum atomic E-state index is -1.06. The molecular weight excluding hydrogens is 515 g/mol. The fraction of sp³-hybridized carbons (Fsp3) is 0.538. The van der Waals surface area contributed by atoms with Gasteiger partial charge < -0.3 is 25.0 Å². The molecule has 2 aromatic heterocycles. The number of imidazole rings is 1. The molecule has 1 unspecified atom stereocenters. The third kappa shape index (κ3) is 5.37. The average Bonchev–Trinajstić information content (AvgIpc) is 3.58. The van der Waals surface area contributed by atoms with Crippen LogP contribution in [0.5, 0.6) is 0 Å². The van der Waals surface area contributed by atoms with Crippen molar-refractivity contribution in [1.29, 1.82) is 0 Å². The van der Waals surface area contributed by atoms with Crippen LogP contribution in [0.4, 0.5) is 30.8 Å². The highest BCUT2D eigenvalue weighted by Gasteiger charge is 2.31. The Hall–Kier alpha value is -3.45. The number of fused-ring (bicyclic) bond motifs is 1. The van der Waals surface area contributed by atoms with Gasteiger partial charge in [-0.15, -0.1) is 0 Å².